The van der Waals surface area contributed by atoms with E-state index in [0.29, 0.717) is 5.65 Å². The Morgan fingerprint density at radius 1 is 1.12 bits per heavy atom. The maximum absolute atomic E-state index is 11.6. The van der Waals surface area contributed by atoms with Crippen molar-refractivity contribution < 1.29 is 28.7 Å². The lowest BCUT2D eigenvalue weighted by atomic mass is 10.5. The highest BCUT2D eigenvalue weighted by molar-refractivity contribution is 7.52. The van der Waals surface area contributed by atoms with Gasteiger partial charge in [0.1, 0.15) is 6.29 Å². The fourth-order valence-electron chi connectivity index (χ4n) is 2.09. The van der Waals surface area contributed by atoms with Gasteiger partial charge in [-0.3, -0.25) is 18.8 Å². The molecule has 0 saturated carbocycles. The van der Waals surface area contributed by atoms with Crippen LogP contribution in [0.3, 0.4) is 0 Å². The molecule has 0 amide bonds. The molecule has 0 bridgehead atoms. The zero-order chi connectivity index (χ0) is 18.0. The molecule has 0 aliphatic carbocycles. The molecule has 24 heavy (non-hydrogen) atoms. The van der Waals surface area contributed by atoms with E-state index in [4.69, 9.17) is 19.6 Å². The van der Waals surface area contributed by atoms with Crippen LogP contribution < -0.4 is 5.56 Å². The molecule has 2 aromatic rings. The van der Waals surface area contributed by atoms with Gasteiger partial charge in [0, 0.05) is 19.6 Å². The first-order chi connectivity index (χ1) is 11.1. The lowest BCUT2D eigenvalue weighted by Crippen LogP contribution is -2.31. The van der Waals surface area contributed by atoms with Crippen LogP contribution in [0.2, 0.25) is 0 Å². The predicted molar refractivity (Wildman–Crippen MR) is 83.5 cm³/mol. The number of fused-ring (bicyclic) bond motifs is 1. The second-order valence-electron chi connectivity index (χ2n) is 5.15. The summed E-state index contributed by atoms with van der Waals surface area (Å²) in [6.07, 6.45) is 1.43. The summed E-state index contributed by atoms with van der Waals surface area (Å²) in [5.41, 5.74) is 0.0337. The highest BCUT2D eigenvalue weighted by Crippen LogP contribution is 2.37. The minimum absolute atomic E-state index is 0.0883. The number of imidazole rings is 1. The molecule has 0 aliphatic heterocycles. The molecule has 0 atom stereocenters. The van der Waals surface area contributed by atoms with Gasteiger partial charge in [-0.15, -0.1) is 0 Å². The molecular weight excluding hydrogens is 364 g/mol. The fraction of sp³-hybridized carbons (Fsp3) is 0.500. The molecule has 0 aliphatic rings. The average molecular weight is 381 g/mol. The third-order valence-electron chi connectivity index (χ3n) is 3.16. The van der Waals surface area contributed by atoms with Crippen molar-refractivity contribution in [3.8, 4) is 0 Å². The van der Waals surface area contributed by atoms with Crippen LogP contribution in [-0.2, 0) is 15.7 Å². The second kappa shape index (κ2) is 7.24. The van der Waals surface area contributed by atoms with Crippen molar-refractivity contribution in [2.75, 3.05) is 25.5 Å². The SMILES string of the molecule is O=c1[nH]cnc2c1ncn2CCN(CCP(=O)(O)O)CP(=O)(O)O. The van der Waals surface area contributed by atoms with Crippen LogP contribution in [0.15, 0.2) is 17.4 Å². The van der Waals surface area contributed by atoms with Gasteiger partial charge in [-0.1, -0.05) is 0 Å². The van der Waals surface area contributed by atoms with Crippen LogP contribution in [0.1, 0.15) is 0 Å². The van der Waals surface area contributed by atoms with Gasteiger partial charge in [-0.05, 0) is 0 Å². The molecule has 0 saturated heterocycles. The van der Waals surface area contributed by atoms with E-state index < -0.39 is 33.2 Å². The molecular formula is C10H17N5O7P2. The van der Waals surface area contributed by atoms with E-state index in [9.17, 15) is 13.9 Å². The Balaban J connectivity index is 2.10. The van der Waals surface area contributed by atoms with E-state index >= 15 is 0 Å². The zero-order valence-corrected chi connectivity index (χ0v) is 14.2. The van der Waals surface area contributed by atoms with Crippen LogP contribution in [0.5, 0.6) is 0 Å². The van der Waals surface area contributed by atoms with Gasteiger partial charge < -0.3 is 29.1 Å². The van der Waals surface area contributed by atoms with Crippen molar-refractivity contribution in [1.82, 2.24) is 24.4 Å². The van der Waals surface area contributed by atoms with E-state index in [1.54, 1.807) is 0 Å². The summed E-state index contributed by atoms with van der Waals surface area (Å²) >= 11 is 0. The topological polar surface area (TPSA) is 182 Å². The van der Waals surface area contributed by atoms with E-state index in [-0.39, 0.29) is 25.2 Å². The highest BCUT2D eigenvalue weighted by atomic mass is 31.2. The van der Waals surface area contributed by atoms with Crippen molar-refractivity contribution in [1.29, 1.82) is 0 Å². The quantitative estimate of drug-likeness (QED) is 0.346. The molecule has 134 valence electrons. The molecule has 12 nitrogen and oxygen atoms in total. The van der Waals surface area contributed by atoms with E-state index in [1.807, 2.05) is 0 Å². The van der Waals surface area contributed by atoms with Crippen molar-refractivity contribution in [3.05, 3.63) is 23.0 Å². The predicted octanol–water partition coefficient (Wildman–Crippen LogP) is -1.27. The van der Waals surface area contributed by atoms with Crippen LogP contribution in [0, 0.1) is 0 Å². The maximum Gasteiger partial charge on any atom is 0.339 e. The van der Waals surface area contributed by atoms with Crippen LogP contribution in [0.25, 0.3) is 11.2 Å². The standard InChI is InChI=1S/C10H17N5O7P2/c16-10-8-9(11-5-12-10)15(6-13-8)2-1-14(7-24(20,21)22)3-4-23(17,18)19/h5-6H,1-4,7H2,(H,11,12,16)(H2,17,18,19)(H2,20,21,22). The van der Waals surface area contributed by atoms with E-state index in [2.05, 4.69) is 15.0 Å². The zero-order valence-electron chi connectivity index (χ0n) is 12.4. The summed E-state index contributed by atoms with van der Waals surface area (Å²) in [5, 5.41) is 0. The van der Waals surface area contributed by atoms with E-state index in [0.717, 1.165) is 0 Å². The fourth-order valence-corrected chi connectivity index (χ4v) is 3.44. The molecule has 0 fully saturated rings. The normalized spacial score (nSPS) is 13.0. The Kier molecular flexibility index (Phi) is 5.71. The van der Waals surface area contributed by atoms with Crippen molar-refractivity contribution in [3.63, 3.8) is 0 Å². The summed E-state index contributed by atoms with van der Waals surface area (Å²) in [6.45, 7) is 0.0925. The molecule has 14 heteroatoms. The molecule has 2 aromatic heterocycles. The number of hydrogen-bond donors (Lipinski definition) is 5. The van der Waals surface area contributed by atoms with Gasteiger partial charge in [-0.2, -0.15) is 0 Å². The molecule has 2 rings (SSSR count). The lowest BCUT2D eigenvalue weighted by Gasteiger charge is -2.23. The molecule has 0 aromatic carbocycles. The summed E-state index contributed by atoms with van der Waals surface area (Å²) in [4.78, 5) is 59.1. The van der Waals surface area contributed by atoms with Gasteiger partial charge in [-0.25, -0.2) is 9.97 Å². The van der Waals surface area contributed by atoms with Gasteiger partial charge in [0.15, 0.2) is 11.2 Å². The highest BCUT2D eigenvalue weighted by Gasteiger charge is 2.22. The minimum atomic E-state index is -4.39. The van der Waals surface area contributed by atoms with Gasteiger partial charge in [0.2, 0.25) is 0 Å². The third-order valence-corrected chi connectivity index (χ3v) is 4.71. The van der Waals surface area contributed by atoms with Crippen molar-refractivity contribution in [2.45, 2.75) is 6.54 Å². The van der Waals surface area contributed by atoms with Crippen LogP contribution in [0.4, 0.5) is 0 Å². The Bertz CT molecular complexity index is 853. The molecule has 0 spiro atoms. The first-order valence-corrected chi connectivity index (χ1v) is 10.3. The summed E-state index contributed by atoms with van der Waals surface area (Å²) in [6, 6.07) is 0. The maximum atomic E-state index is 11.6. The summed E-state index contributed by atoms with van der Waals surface area (Å²) in [7, 11) is -8.67. The second-order valence-corrected chi connectivity index (χ2v) is 8.54. The number of aromatic amines is 1. The van der Waals surface area contributed by atoms with E-state index in [1.165, 1.54) is 22.1 Å². The first kappa shape index (κ1) is 18.9. The average Bonchev–Trinajstić information content (AvgIpc) is 2.84. The Morgan fingerprint density at radius 3 is 2.46 bits per heavy atom. The number of H-pyrrole nitrogens is 1. The number of hydrogen-bond acceptors (Lipinski definition) is 6. The molecule has 0 unspecified atom stereocenters. The number of rotatable bonds is 8. The first-order valence-electron chi connectivity index (χ1n) is 6.75. The monoisotopic (exact) mass is 381 g/mol. The number of nitrogens with zero attached hydrogens (tertiary/aromatic N) is 4. The third kappa shape index (κ3) is 5.60. The summed E-state index contributed by atoms with van der Waals surface area (Å²) in [5.74, 6) is 0. The van der Waals surface area contributed by atoms with Gasteiger partial charge >= 0.3 is 15.2 Å². The molecule has 0 radical (unpaired) electrons. The van der Waals surface area contributed by atoms with Crippen LogP contribution >= 0.6 is 15.2 Å². The largest absolute Gasteiger partial charge is 0.339 e. The Morgan fingerprint density at radius 2 is 1.83 bits per heavy atom. The van der Waals surface area contributed by atoms with Crippen molar-refractivity contribution >= 4 is 26.4 Å². The number of nitrogens with one attached hydrogen (secondary N) is 1. The Labute approximate surface area is 135 Å². The lowest BCUT2D eigenvalue weighted by molar-refractivity contribution is 0.271. The molecule has 5 N–H and O–H groups in total. The van der Waals surface area contributed by atoms with Crippen molar-refractivity contribution in [2.24, 2.45) is 0 Å². The van der Waals surface area contributed by atoms with Gasteiger partial charge in [0.25, 0.3) is 5.56 Å². The summed E-state index contributed by atoms with van der Waals surface area (Å²) < 4.78 is 23.6. The Hall–Kier alpha value is -1.39. The van der Waals surface area contributed by atoms with Crippen LogP contribution in [-0.4, -0.2) is 69.5 Å². The number of aromatic nitrogens is 4. The smallest absolute Gasteiger partial charge is 0.324 e. The molecule has 2 heterocycles. The minimum Gasteiger partial charge on any atom is -0.324 e. The van der Waals surface area contributed by atoms with Gasteiger partial charge in [0.05, 0.1) is 18.8 Å².